The first-order valence-corrected chi connectivity index (χ1v) is 19.3. The second kappa shape index (κ2) is 12.8. The van der Waals surface area contributed by atoms with Crippen LogP contribution in [-0.4, -0.2) is 19.5 Å². The van der Waals surface area contributed by atoms with E-state index in [9.17, 15) is 0 Å². The molecule has 7 heteroatoms. The molecule has 0 bridgehead atoms. The number of para-hydroxylation sites is 4. The average molecular weight is 746 g/mol. The van der Waals surface area contributed by atoms with E-state index < -0.39 is 0 Å². The van der Waals surface area contributed by atoms with Crippen molar-refractivity contribution in [2.24, 2.45) is 0 Å². The molecule has 0 amide bonds. The molecule has 272 valence electrons. The van der Waals surface area contributed by atoms with E-state index in [1.165, 1.54) is 5.39 Å². The van der Waals surface area contributed by atoms with Crippen molar-refractivity contribution in [1.82, 2.24) is 19.5 Å². The molecule has 0 spiro atoms. The molecular weight excluding hydrogens is 715 g/mol. The SMILES string of the molecule is c1ccc(-c2nc(-c3ccc4c5ccccc5n(-c5ccccc5)c4c3)nc(N(c3ccc4c(c3)oc3ccccc34)c3cccc4oc5ccccc5c34)n2)cc1. The molecule has 0 saturated carbocycles. The quantitative estimate of drug-likeness (QED) is 0.169. The maximum absolute atomic E-state index is 6.46. The fourth-order valence-electron chi connectivity index (χ4n) is 8.43. The highest BCUT2D eigenvalue weighted by Crippen LogP contribution is 2.44. The van der Waals surface area contributed by atoms with Crippen LogP contribution in [0.2, 0.25) is 0 Å². The van der Waals surface area contributed by atoms with Gasteiger partial charge >= 0.3 is 0 Å². The van der Waals surface area contributed by atoms with Crippen LogP contribution in [0.4, 0.5) is 17.3 Å². The van der Waals surface area contributed by atoms with Gasteiger partial charge in [-0.3, -0.25) is 4.90 Å². The van der Waals surface area contributed by atoms with E-state index in [0.717, 1.165) is 88.5 Å². The van der Waals surface area contributed by atoms with Gasteiger partial charge in [0, 0.05) is 49.8 Å². The van der Waals surface area contributed by atoms with E-state index >= 15 is 0 Å². The Labute approximate surface area is 331 Å². The highest BCUT2D eigenvalue weighted by atomic mass is 16.3. The second-order valence-corrected chi connectivity index (χ2v) is 14.4. The predicted molar refractivity (Wildman–Crippen MR) is 234 cm³/mol. The zero-order valence-corrected chi connectivity index (χ0v) is 31.0. The van der Waals surface area contributed by atoms with Gasteiger partial charge in [0.1, 0.15) is 22.3 Å². The summed E-state index contributed by atoms with van der Waals surface area (Å²) in [4.78, 5) is 17.9. The molecular formula is C51H31N5O2. The molecule has 0 aliphatic heterocycles. The number of hydrogen-bond donors (Lipinski definition) is 0. The lowest BCUT2D eigenvalue weighted by atomic mass is 10.1. The molecule has 58 heavy (non-hydrogen) atoms. The van der Waals surface area contributed by atoms with Gasteiger partial charge in [-0.05, 0) is 60.7 Å². The molecule has 0 atom stereocenters. The normalized spacial score (nSPS) is 11.8. The fourth-order valence-corrected chi connectivity index (χ4v) is 8.43. The van der Waals surface area contributed by atoms with Crippen LogP contribution in [0.3, 0.4) is 0 Å². The third-order valence-corrected chi connectivity index (χ3v) is 11.0. The Balaban J connectivity index is 1.14. The maximum Gasteiger partial charge on any atom is 0.238 e. The van der Waals surface area contributed by atoms with E-state index in [4.69, 9.17) is 23.8 Å². The smallest absolute Gasteiger partial charge is 0.238 e. The van der Waals surface area contributed by atoms with Crippen LogP contribution >= 0.6 is 0 Å². The highest BCUT2D eigenvalue weighted by Gasteiger charge is 2.25. The predicted octanol–water partition coefficient (Wildman–Crippen LogP) is 13.6. The van der Waals surface area contributed by atoms with Gasteiger partial charge in [-0.2, -0.15) is 9.97 Å². The molecule has 12 rings (SSSR count). The fraction of sp³-hybridized carbons (Fsp3) is 0. The number of furan rings is 2. The summed E-state index contributed by atoms with van der Waals surface area (Å²) >= 11 is 0. The van der Waals surface area contributed by atoms with Crippen molar-refractivity contribution >= 4 is 83.0 Å². The van der Waals surface area contributed by atoms with Gasteiger partial charge in [-0.15, -0.1) is 0 Å². The van der Waals surface area contributed by atoms with E-state index in [2.05, 4.69) is 113 Å². The minimum absolute atomic E-state index is 0.459. The van der Waals surface area contributed by atoms with Gasteiger partial charge in [0.25, 0.3) is 0 Å². The van der Waals surface area contributed by atoms with Crippen LogP contribution in [0.15, 0.2) is 197 Å². The number of anilines is 3. The van der Waals surface area contributed by atoms with Gasteiger partial charge in [-0.1, -0.05) is 121 Å². The molecule has 0 fully saturated rings. The summed E-state index contributed by atoms with van der Waals surface area (Å²) in [6.45, 7) is 0. The third-order valence-electron chi connectivity index (χ3n) is 11.0. The molecule has 12 aromatic rings. The summed E-state index contributed by atoms with van der Waals surface area (Å²) in [6, 6.07) is 64.3. The zero-order chi connectivity index (χ0) is 38.2. The summed E-state index contributed by atoms with van der Waals surface area (Å²) in [5.41, 5.74) is 9.91. The van der Waals surface area contributed by atoms with Crippen molar-refractivity contribution in [2.75, 3.05) is 4.90 Å². The van der Waals surface area contributed by atoms with Crippen LogP contribution in [0.25, 0.3) is 94.1 Å². The summed E-state index contributed by atoms with van der Waals surface area (Å²) in [6.07, 6.45) is 0. The summed E-state index contributed by atoms with van der Waals surface area (Å²) < 4.78 is 15.2. The van der Waals surface area contributed by atoms with Gasteiger partial charge < -0.3 is 13.4 Å². The van der Waals surface area contributed by atoms with Crippen molar-refractivity contribution in [1.29, 1.82) is 0 Å². The van der Waals surface area contributed by atoms with Gasteiger partial charge in [0.05, 0.1) is 27.8 Å². The Hall–Kier alpha value is -8.03. The van der Waals surface area contributed by atoms with Gasteiger partial charge in [0.15, 0.2) is 11.6 Å². The summed E-state index contributed by atoms with van der Waals surface area (Å²) in [5, 5.41) is 6.40. The van der Waals surface area contributed by atoms with Crippen LogP contribution in [-0.2, 0) is 0 Å². The number of nitrogens with zero attached hydrogens (tertiary/aromatic N) is 5. The first-order valence-electron chi connectivity index (χ1n) is 19.3. The minimum Gasteiger partial charge on any atom is -0.456 e. The van der Waals surface area contributed by atoms with Crippen molar-refractivity contribution in [3.63, 3.8) is 0 Å². The number of fused-ring (bicyclic) bond motifs is 9. The van der Waals surface area contributed by atoms with Crippen LogP contribution in [0, 0.1) is 0 Å². The number of rotatable bonds is 6. The Morgan fingerprint density at radius 2 is 1.00 bits per heavy atom. The standard InChI is InChI=1S/C51H31N5O2/c1-3-14-32(15-4-1)49-52-50(33-26-28-37-36-18-7-10-21-41(36)55(43(37)30-33)34-16-5-2-6-17-34)54-51(53-49)56(35-27-29-39-38-19-8-11-23-44(38)58-47(39)31-35)42-22-13-25-46-48(42)40-20-9-12-24-45(40)57-46/h1-31H. The molecule has 0 aliphatic rings. The van der Waals surface area contributed by atoms with Crippen LogP contribution in [0.5, 0.6) is 0 Å². The second-order valence-electron chi connectivity index (χ2n) is 14.4. The lowest BCUT2D eigenvalue weighted by molar-refractivity contribution is 0.669. The van der Waals surface area contributed by atoms with E-state index in [1.54, 1.807) is 0 Å². The molecule has 7 nitrogen and oxygen atoms in total. The van der Waals surface area contributed by atoms with E-state index in [-0.39, 0.29) is 0 Å². The van der Waals surface area contributed by atoms with Crippen molar-refractivity contribution < 1.29 is 8.83 Å². The molecule has 0 N–H and O–H groups in total. The van der Waals surface area contributed by atoms with Crippen molar-refractivity contribution in [2.45, 2.75) is 0 Å². The van der Waals surface area contributed by atoms with Crippen LogP contribution < -0.4 is 4.90 Å². The van der Waals surface area contributed by atoms with E-state index in [1.807, 2.05) is 84.9 Å². The molecule has 8 aromatic carbocycles. The summed E-state index contributed by atoms with van der Waals surface area (Å²) in [7, 11) is 0. The van der Waals surface area contributed by atoms with Crippen LogP contribution in [0.1, 0.15) is 0 Å². The summed E-state index contributed by atoms with van der Waals surface area (Å²) in [5.74, 6) is 1.57. The first kappa shape index (κ1) is 32.2. The minimum atomic E-state index is 0.459. The van der Waals surface area contributed by atoms with Gasteiger partial charge in [-0.25, -0.2) is 4.98 Å². The zero-order valence-electron chi connectivity index (χ0n) is 31.0. The maximum atomic E-state index is 6.46. The Morgan fingerprint density at radius 1 is 0.397 bits per heavy atom. The van der Waals surface area contributed by atoms with Crippen molar-refractivity contribution in [3.8, 4) is 28.5 Å². The molecule has 0 aliphatic carbocycles. The van der Waals surface area contributed by atoms with E-state index in [0.29, 0.717) is 17.6 Å². The molecule has 4 aromatic heterocycles. The lowest BCUT2D eigenvalue weighted by Gasteiger charge is -2.24. The largest absolute Gasteiger partial charge is 0.456 e. The topological polar surface area (TPSA) is 73.1 Å². The first-order chi connectivity index (χ1) is 28.7. The Morgan fingerprint density at radius 3 is 1.83 bits per heavy atom. The average Bonchev–Trinajstić information content (AvgIpc) is 3.96. The Kier molecular flexibility index (Phi) is 7.09. The molecule has 0 radical (unpaired) electrons. The molecule has 4 heterocycles. The molecule has 0 saturated heterocycles. The van der Waals surface area contributed by atoms with Gasteiger partial charge in [0.2, 0.25) is 5.95 Å². The number of aromatic nitrogens is 4. The number of benzene rings is 8. The highest BCUT2D eigenvalue weighted by molar-refractivity contribution is 6.14. The third kappa shape index (κ3) is 5.04. The Bertz CT molecular complexity index is 3530. The monoisotopic (exact) mass is 745 g/mol. The number of hydrogen-bond acceptors (Lipinski definition) is 6. The molecule has 0 unspecified atom stereocenters. The van der Waals surface area contributed by atoms with Crippen molar-refractivity contribution in [3.05, 3.63) is 188 Å². The lowest BCUT2D eigenvalue weighted by Crippen LogP contribution is -2.15.